The highest BCUT2D eigenvalue weighted by Crippen LogP contribution is 2.20. The molecule has 1 fully saturated rings. The highest BCUT2D eigenvalue weighted by molar-refractivity contribution is 6.07. The SMILES string of the molecule is CC(C)N(C)C(=O)CN1C(=O)NC(=O)C1(C)C. The molecule has 1 saturated heterocycles. The van der Waals surface area contributed by atoms with Gasteiger partial charge in [0.1, 0.15) is 12.1 Å². The summed E-state index contributed by atoms with van der Waals surface area (Å²) < 4.78 is 0. The highest BCUT2D eigenvalue weighted by Gasteiger charge is 2.46. The van der Waals surface area contributed by atoms with E-state index in [1.807, 2.05) is 13.8 Å². The fraction of sp³-hybridized carbons (Fsp3) is 0.727. The van der Waals surface area contributed by atoms with Gasteiger partial charge >= 0.3 is 6.03 Å². The molecule has 0 aromatic carbocycles. The van der Waals surface area contributed by atoms with E-state index in [-0.39, 0.29) is 24.4 Å². The summed E-state index contributed by atoms with van der Waals surface area (Å²) >= 11 is 0. The van der Waals surface area contributed by atoms with Crippen LogP contribution in [-0.2, 0) is 9.59 Å². The number of nitrogens with one attached hydrogen (secondary N) is 1. The molecule has 0 aliphatic carbocycles. The van der Waals surface area contributed by atoms with Crippen LogP contribution >= 0.6 is 0 Å². The third-order valence-electron chi connectivity index (χ3n) is 3.16. The average Bonchev–Trinajstić information content (AvgIpc) is 2.40. The van der Waals surface area contributed by atoms with Crippen LogP contribution < -0.4 is 5.32 Å². The fourth-order valence-corrected chi connectivity index (χ4v) is 1.50. The minimum absolute atomic E-state index is 0.0620. The van der Waals surface area contributed by atoms with Gasteiger partial charge in [0.15, 0.2) is 0 Å². The van der Waals surface area contributed by atoms with Crippen LogP contribution in [0, 0.1) is 0 Å². The molecule has 0 aromatic rings. The maximum absolute atomic E-state index is 11.9. The molecule has 0 atom stereocenters. The topological polar surface area (TPSA) is 69.7 Å². The molecular formula is C11H19N3O3. The van der Waals surface area contributed by atoms with Gasteiger partial charge < -0.3 is 9.80 Å². The lowest BCUT2D eigenvalue weighted by molar-refractivity contribution is -0.133. The molecule has 4 amide bonds. The number of hydrogen-bond donors (Lipinski definition) is 1. The van der Waals surface area contributed by atoms with Crippen LogP contribution in [-0.4, -0.2) is 52.8 Å². The van der Waals surface area contributed by atoms with Crippen LogP contribution in [0.4, 0.5) is 4.79 Å². The molecule has 0 spiro atoms. The van der Waals surface area contributed by atoms with Gasteiger partial charge in [-0.1, -0.05) is 0 Å². The van der Waals surface area contributed by atoms with Crippen molar-refractivity contribution < 1.29 is 14.4 Å². The van der Waals surface area contributed by atoms with E-state index in [4.69, 9.17) is 0 Å². The molecule has 1 N–H and O–H groups in total. The molecule has 0 radical (unpaired) electrons. The molecule has 0 bridgehead atoms. The summed E-state index contributed by atoms with van der Waals surface area (Å²) in [5.41, 5.74) is -0.968. The highest BCUT2D eigenvalue weighted by atomic mass is 16.2. The number of urea groups is 1. The van der Waals surface area contributed by atoms with Crippen LogP contribution in [0.2, 0.25) is 0 Å². The molecule has 1 rings (SSSR count). The lowest BCUT2D eigenvalue weighted by atomic mass is 10.0. The average molecular weight is 241 g/mol. The van der Waals surface area contributed by atoms with E-state index in [9.17, 15) is 14.4 Å². The summed E-state index contributed by atoms with van der Waals surface area (Å²) in [7, 11) is 1.68. The van der Waals surface area contributed by atoms with E-state index < -0.39 is 11.6 Å². The fourth-order valence-electron chi connectivity index (χ4n) is 1.50. The molecule has 1 heterocycles. The Labute approximate surface area is 101 Å². The Morgan fingerprint density at radius 2 is 1.94 bits per heavy atom. The molecule has 6 heteroatoms. The zero-order chi connectivity index (χ0) is 13.4. The first-order chi connectivity index (χ1) is 7.67. The maximum atomic E-state index is 11.9. The smallest absolute Gasteiger partial charge is 0.325 e. The molecule has 1 aliphatic rings. The number of carbonyl (C=O) groups is 3. The van der Waals surface area contributed by atoms with Crippen LogP contribution in [0.3, 0.4) is 0 Å². The first kappa shape index (κ1) is 13.5. The summed E-state index contributed by atoms with van der Waals surface area (Å²) in [6.07, 6.45) is 0. The molecule has 0 unspecified atom stereocenters. The van der Waals surface area contributed by atoms with E-state index in [0.717, 1.165) is 0 Å². The number of rotatable bonds is 3. The van der Waals surface area contributed by atoms with Crippen molar-refractivity contribution >= 4 is 17.8 Å². The zero-order valence-corrected chi connectivity index (χ0v) is 10.9. The van der Waals surface area contributed by atoms with E-state index >= 15 is 0 Å². The Kier molecular flexibility index (Phi) is 3.45. The van der Waals surface area contributed by atoms with Gasteiger partial charge in [0, 0.05) is 13.1 Å². The molecule has 17 heavy (non-hydrogen) atoms. The number of carbonyl (C=O) groups excluding carboxylic acids is 3. The second-order valence-corrected chi connectivity index (χ2v) is 5.00. The minimum atomic E-state index is -0.968. The van der Waals surface area contributed by atoms with Crippen LogP contribution in [0.5, 0.6) is 0 Å². The summed E-state index contributed by atoms with van der Waals surface area (Å²) in [5.74, 6) is -0.555. The predicted octanol–water partition coefficient (Wildman–Crippen LogP) is 0.184. The Balaban J connectivity index is 2.78. The van der Waals surface area contributed by atoms with Gasteiger partial charge in [-0.25, -0.2) is 4.79 Å². The monoisotopic (exact) mass is 241 g/mol. The van der Waals surface area contributed by atoms with Crippen molar-refractivity contribution in [3.63, 3.8) is 0 Å². The van der Waals surface area contributed by atoms with Gasteiger partial charge in [0.25, 0.3) is 5.91 Å². The summed E-state index contributed by atoms with van der Waals surface area (Å²) in [5, 5.41) is 2.21. The van der Waals surface area contributed by atoms with Gasteiger partial charge in [-0.15, -0.1) is 0 Å². The Bertz CT molecular complexity index is 363. The molecule has 0 saturated carbocycles. The van der Waals surface area contributed by atoms with Crippen molar-refractivity contribution in [2.45, 2.75) is 39.3 Å². The largest absolute Gasteiger partial charge is 0.342 e. The summed E-state index contributed by atoms with van der Waals surface area (Å²) in [6.45, 7) is 6.93. The van der Waals surface area contributed by atoms with Gasteiger partial charge in [0.2, 0.25) is 5.91 Å². The predicted molar refractivity (Wildman–Crippen MR) is 62.2 cm³/mol. The number of nitrogens with zero attached hydrogens (tertiary/aromatic N) is 2. The molecule has 1 aliphatic heterocycles. The third kappa shape index (κ3) is 2.40. The van der Waals surface area contributed by atoms with Gasteiger partial charge in [-0.05, 0) is 27.7 Å². The Morgan fingerprint density at radius 3 is 2.29 bits per heavy atom. The van der Waals surface area contributed by atoms with Crippen molar-refractivity contribution in [3.8, 4) is 0 Å². The lowest BCUT2D eigenvalue weighted by Crippen LogP contribution is -2.50. The maximum Gasteiger partial charge on any atom is 0.325 e. The van der Waals surface area contributed by atoms with Crippen molar-refractivity contribution in [2.24, 2.45) is 0 Å². The van der Waals surface area contributed by atoms with Crippen molar-refractivity contribution in [3.05, 3.63) is 0 Å². The number of amides is 4. The minimum Gasteiger partial charge on any atom is -0.342 e. The Hall–Kier alpha value is -1.59. The first-order valence-electron chi connectivity index (χ1n) is 5.56. The van der Waals surface area contributed by atoms with E-state index in [2.05, 4.69) is 5.32 Å². The Morgan fingerprint density at radius 1 is 1.41 bits per heavy atom. The van der Waals surface area contributed by atoms with E-state index in [0.29, 0.717) is 0 Å². The van der Waals surface area contributed by atoms with Gasteiger partial charge in [-0.3, -0.25) is 14.9 Å². The second-order valence-electron chi connectivity index (χ2n) is 5.00. The standard InChI is InChI=1S/C11H19N3O3/c1-7(2)13(5)8(15)6-14-10(17)12-9(16)11(14,3)4/h7H,6H2,1-5H3,(H,12,16,17). The lowest BCUT2D eigenvalue weighted by Gasteiger charge is -2.30. The van der Waals surface area contributed by atoms with Gasteiger partial charge in [0.05, 0.1) is 0 Å². The quantitative estimate of drug-likeness (QED) is 0.717. The first-order valence-corrected chi connectivity index (χ1v) is 5.56. The molecule has 0 aromatic heterocycles. The zero-order valence-electron chi connectivity index (χ0n) is 10.9. The van der Waals surface area contributed by atoms with Crippen molar-refractivity contribution in [2.75, 3.05) is 13.6 Å². The summed E-state index contributed by atoms with van der Waals surface area (Å²) in [4.78, 5) is 37.7. The number of imide groups is 1. The normalized spacial score (nSPS) is 18.6. The second kappa shape index (κ2) is 4.35. The summed E-state index contributed by atoms with van der Waals surface area (Å²) in [6, 6.07) is -0.447. The van der Waals surface area contributed by atoms with Gasteiger partial charge in [-0.2, -0.15) is 0 Å². The van der Waals surface area contributed by atoms with E-state index in [1.165, 1.54) is 4.90 Å². The van der Waals surface area contributed by atoms with Crippen LogP contribution in [0.1, 0.15) is 27.7 Å². The number of likely N-dealkylation sites (N-methyl/N-ethyl adjacent to an activating group) is 1. The van der Waals surface area contributed by atoms with Crippen molar-refractivity contribution in [1.82, 2.24) is 15.1 Å². The molecule has 6 nitrogen and oxygen atoms in total. The van der Waals surface area contributed by atoms with Crippen molar-refractivity contribution in [1.29, 1.82) is 0 Å². The van der Waals surface area contributed by atoms with Crippen LogP contribution in [0.15, 0.2) is 0 Å². The molecular weight excluding hydrogens is 222 g/mol. The molecule has 96 valence electrons. The number of hydrogen-bond acceptors (Lipinski definition) is 3. The van der Waals surface area contributed by atoms with E-state index in [1.54, 1.807) is 25.8 Å². The third-order valence-corrected chi connectivity index (χ3v) is 3.16. The van der Waals surface area contributed by atoms with Crippen LogP contribution in [0.25, 0.3) is 0 Å².